The molecule has 1 amide bonds. The first-order valence-corrected chi connectivity index (χ1v) is 7.88. The van der Waals surface area contributed by atoms with Gasteiger partial charge in [-0.2, -0.15) is 0 Å². The number of halogens is 1. The summed E-state index contributed by atoms with van der Waals surface area (Å²) in [6.45, 7) is 3.31. The van der Waals surface area contributed by atoms with Crippen molar-refractivity contribution in [1.29, 1.82) is 0 Å². The van der Waals surface area contributed by atoms with Crippen molar-refractivity contribution in [3.8, 4) is 0 Å². The average molecular weight is 327 g/mol. The SMILES string of the molecule is CCn1cnc2c(c1=O)CCN(C(=O)C=Cc1ccc(F)cc1)C2. The Morgan fingerprint density at radius 1 is 1.33 bits per heavy atom. The summed E-state index contributed by atoms with van der Waals surface area (Å²) in [6.07, 6.45) is 5.16. The van der Waals surface area contributed by atoms with Crippen molar-refractivity contribution in [2.75, 3.05) is 6.54 Å². The predicted octanol–water partition coefficient (Wildman–Crippen LogP) is 2.00. The Morgan fingerprint density at radius 2 is 2.08 bits per heavy atom. The van der Waals surface area contributed by atoms with Gasteiger partial charge in [-0.15, -0.1) is 0 Å². The second kappa shape index (κ2) is 6.78. The standard InChI is InChI=1S/C18H18FN3O2/c1-2-21-12-20-16-11-22(10-9-15(16)18(21)24)17(23)8-5-13-3-6-14(19)7-4-13/h3-8,12H,2,9-11H2,1H3. The van der Waals surface area contributed by atoms with E-state index >= 15 is 0 Å². The number of hydrogen-bond donors (Lipinski definition) is 0. The molecule has 0 bridgehead atoms. The molecule has 124 valence electrons. The number of hydrogen-bond acceptors (Lipinski definition) is 3. The fourth-order valence-corrected chi connectivity index (χ4v) is 2.72. The van der Waals surface area contributed by atoms with E-state index in [4.69, 9.17) is 0 Å². The van der Waals surface area contributed by atoms with Gasteiger partial charge in [-0.3, -0.25) is 14.2 Å². The number of fused-ring (bicyclic) bond motifs is 1. The summed E-state index contributed by atoms with van der Waals surface area (Å²) >= 11 is 0. The van der Waals surface area contributed by atoms with E-state index in [1.807, 2.05) is 6.92 Å². The van der Waals surface area contributed by atoms with Crippen molar-refractivity contribution in [1.82, 2.24) is 14.5 Å². The van der Waals surface area contributed by atoms with Crippen LogP contribution in [0.15, 0.2) is 41.5 Å². The third-order valence-corrected chi connectivity index (χ3v) is 4.13. The number of aromatic nitrogens is 2. The molecule has 24 heavy (non-hydrogen) atoms. The summed E-state index contributed by atoms with van der Waals surface area (Å²) in [7, 11) is 0. The molecule has 1 aliphatic heterocycles. The highest BCUT2D eigenvalue weighted by molar-refractivity contribution is 5.91. The Balaban J connectivity index is 1.73. The Kier molecular flexibility index (Phi) is 4.55. The molecule has 0 radical (unpaired) electrons. The summed E-state index contributed by atoms with van der Waals surface area (Å²) in [5, 5.41) is 0. The van der Waals surface area contributed by atoms with E-state index < -0.39 is 0 Å². The maximum absolute atomic E-state index is 12.9. The Hall–Kier alpha value is -2.76. The van der Waals surface area contributed by atoms with Crippen LogP contribution in [-0.2, 0) is 24.3 Å². The number of carbonyl (C=O) groups is 1. The van der Waals surface area contributed by atoms with E-state index in [1.165, 1.54) is 24.5 Å². The van der Waals surface area contributed by atoms with E-state index in [0.717, 1.165) is 5.56 Å². The molecule has 0 saturated carbocycles. The molecule has 0 unspecified atom stereocenters. The normalized spacial score (nSPS) is 14.0. The van der Waals surface area contributed by atoms with Crippen LogP contribution in [0.2, 0.25) is 0 Å². The van der Waals surface area contributed by atoms with Gasteiger partial charge in [0, 0.05) is 24.7 Å². The van der Waals surface area contributed by atoms with E-state index in [2.05, 4.69) is 4.98 Å². The summed E-state index contributed by atoms with van der Waals surface area (Å²) < 4.78 is 14.4. The van der Waals surface area contributed by atoms with Gasteiger partial charge in [-0.1, -0.05) is 12.1 Å². The predicted molar refractivity (Wildman–Crippen MR) is 88.7 cm³/mol. The molecule has 0 saturated heterocycles. The van der Waals surface area contributed by atoms with Gasteiger partial charge in [0.1, 0.15) is 5.82 Å². The number of benzene rings is 1. The zero-order valence-electron chi connectivity index (χ0n) is 13.4. The molecule has 6 heteroatoms. The molecule has 2 heterocycles. The van der Waals surface area contributed by atoms with Crippen LogP contribution in [0.3, 0.4) is 0 Å². The van der Waals surface area contributed by atoms with Crippen LogP contribution in [0.25, 0.3) is 6.08 Å². The van der Waals surface area contributed by atoms with Gasteiger partial charge in [0.25, 0.3) is 5.56 Å². The molecule has 0 N–H and O–H groups in total. The van der Waals surface area contributed by atoms with Crippen LogP contribution < -0.4 is 5.56 Å². The van der Waals surface area contributed by atoms with Crippen molar-refractivity contribution in [2.24, 2.45) is 0 Å². The second-order valence-corrected chi connectivity index (χ2v) is 5.66. The lowest BCUT2D eigenvalue weighted by Gasteiger charge is -2.27. The Morgan fingerprint density at radius 3 is 2.79 bits per heavy atom. The monoisotopic (exact) mass is 327 g/mol. The van der Waals surface area contributed by atoms with Gasteiger partial charge < -0.3 is 4.90 Å². The number of rotatable bonds is 3. The van der Waals surface area contributed by atoms with Crippen molar-refractivity contribution in [3.05, 3.63) is 69.7 Å². The zero-order valence-corrected chi connectivity index (χ0v) is 13.4. The summed E-state index contributed by atoms with van der Waals surface area (Å²) in [6, 6.07) is 5.92. The minimum Gasteiger partial charge on any atom is -0.333 e. The summed E-state index contributed by atoms with van der Waals surface area (Å²) in [5.74, 6) is -0.457. The van der Waals surface area contributed by atoms with Crippen LogP contribution in [0.4, 0.5) is 4.39 Å². The quantitative estimate of drug-likeness (QED) is 0.810. The topological polar surface area (TPSA) is 55.2 Å². The van der Waals surface area contributed by atoms with Crippen molar-refractivity contribution in [2.45, 2.75) is 26.4 Å². The number of aryl methyl sites for hydroxylation is 1. The minimum absolute atomic E-state index is 0.0172. The lowest BCUT2D eigenvalue weighted by atomic mass is 10.1. The molecule has 0 atom stereocenters. The maximum Gasteiger partial charge on any atom is 0.256 e. The molecule has 2 aromatic rings. The molecule has 0 spiro atoms. The average Bonchev–Trinajstić information content (AvgIpc) is 2.61. The van der Waals surface area contributed by atoms with Gasteiger partial charge in [-0.25, -0.2) is 9.37 Å². The van der Waals surface area contributed by atoms with Crippen molar-refractivity contribution >= 4 is 12.0 Å². The maximum atomic E-state index is 12.9. The lowest BCUT2D eigenvalue weighted by Crippen LogP contribution is -2.39. The lowest BCUT2D eigenvalue weighted by molar-refractivity contribution is -0.126. The highest BCUT2D eigenvalue weighted by Crippen LogP contribution is 2.14. The largest absolute Gasteiger partial charge is 0.333 e. The van der Waals surface area contributed by atoms with Crippen LogP contribution in [-0.4, -0.2) is 26.9 Å². The van der Waals surface area contributed by atoms with Crippen LogP contribution in [0.5, 0.6) is 0 Å². The number of carbonyl (C=O) groups excluding carboxylic acids is 1. The van der Waals surface area contributed by atoms with Gasteiger partial charge in [0.2, 0.25) is 5.91 Å². The highest BCUT2D eigenvalue weighted by atomic mass is 19.1. The van der Waals surface area contributed by atoms with Gasteiger partial charge >= 0.3 is 0 Å². The molecule has 3 rings (SSSR count). The fraction of sp³-hybridized carbons (Fsp3) is 0.278. The van der Waals surface area contributed by atoms with E-state index in [9.17, 15) is 14.0 Å². The smallest absolute Gasteiger partial charge is 0.256 e. The van der Waals surface area contributed by atoms with E-state index in [0.29, 0.717) is 37.3 Å². The first-order valence-electron chi connectivity index (χ1n) is 7.88. The Bertz CT molecular complexity index is 840. The highest BCUT2D eigenvalue weighted by Gasteiger charge is 2.22. The van der Waals surface area contributed by atoms with Gasteiger partial charge in [-0.05, 0) is 37.1 Å². The van der Waals surface area contributed by atoms with Crippen LogP contribution in [0, 0.1) is 5.82 Å². The third-order valence-electron chi connectivity index (χ3n) is 4.13. The molecule has 5 nitrogen and oxygen atoms in total. The summed E-state index contributed by atoms with van der Waals surface area (Å²) in [4.78, 5) is 30.5. The molecule has 1 aliphatic rings. The van der Waals surface area contributed by atoms with Crippen LogP contribution >= 0.6 is 0 Å². The first-order chi connectivity index (χ1) is 11.6. The van der Waals surface area contributed by atoms with E-state index in [-0.39, 0.29) is 17.3 Å². The first kappa shape index (κ1) is 16.1. The molecule has 1 aromatic heterocycles. The Labute approximate surface area is 139 Å². The van der Waals surface area contributed by atoms with Gasteiger partial charge in [0.15, 0.2) is 0 Å². The molecule has 1 aromatic carbocycles. The van der Waals surface area contributed by atoms with Crippen molar-refractivity contribution < 1.29 is 9.18 Å². The summed E-state index contributed by atoms with van der Waals surface area (Å²) in [5.41, 5.74) is 2.10. The van der Waals surface area contributed by atoms with Crippen LogP contribution in [0.1, 0.15) is 23.7 Å². The van der Waals surface area contributed by atoms with Crippen molar-refractivity contribution in [3.63, 3.8) is 0 Å². The second-order valence-electron chi connectivity index (χ2n) is 5.66. The fourth-order valence-electron chi connectivity index (χ4n) is 2.72. The molecular formula is C18H18FN3O2. The minimum atomic E-state index is -0.310. The van der Waals surface area contributed by atoms with Gasteiger partial charge in [0.05, 0.1) is 18.6 Å². The third kappa shape index (κ3) is 3.27. The van der Waals surface area contributed by atoms with E-state index in [1.54, 1.807) is 27.7 Å². The molecule has 0 aliphatic carbocycles. The molecule has 0 fully saturated rings. The molecular weight excluding hydrogens is 309 g/mol. The zero-order chi connectivity index (χ0) is 17.1. The number of amides is 1. The number of nitrogens with zero attached hydrogens (tertiary/aromatic N) is 3.